The summed E-state index contributed by atoms with van der Waals surface area (Å²) < 4.78 is 12.2. The van der Waals surface area contributed by atoms with Crippen molar-refractivity contribution in [1.82, 2.24) is 15.1 Å². The molecule has 0 spiro atoms. The Balaban J connectivity index is 1.79. The average molecular weight is 263 g/mol. The van der Waals surface area contributed by atoms with Crippen LogP contribution in [-0.4, -0.2) is 43.3 Å². The summed E-state index contributed by atoms with van der Waals surface area (Å²) in [5.41, 5.74) is 2.24. The fraction of sp³-hybridized carbons (Fsp3) is 0.500. The first-order chi connectivity index (χ1) is 9.33. The highest BCUT2D eigenvalue weighted by Gasteiger charge is 2.06. The van der Waals surface area contributed by atoms with Crippen LogP contribution in [0.1, 0.15) is 5.69 Å². The molecule has 0 saturated heterocycles. The third-order valence-corrected chi connectivity index (χ3v) is 2.98. The molecule has 5 nitrogen and oxygen atoms in total. The number of aromatic nitrogens is 2. The summed E-state index contributed by atoms with van der Waals surface area (Å²) in [4.78, 5) is 0. The molecule has 0 amide bonds. The zero-order chi connectivity index (χ0) is 13.5. The van der Waals surface area contributed by atoms with E-state index in [0.717, 1.165) is 24.3 Å². The van der Waals surface area contributed by atoms with Gasteiger partial charge in [-0.1, -0.05) is 18.2 Å². The Bertz CT molecular complexity index is 510. The second-order valence-corrected chi connectivity index (χ2v) is 4.37. The highest BCUT2D eigenvalue weighted by atomic mass is 16.5. The van der Waals surface area contributed by atoms with Crippen LogP contribution >= 0.6 is 0 Å². The van der Waals surface area contributed by atoms with Gasteiger partial charge < -0.3 is 14.8 Å². The number of hydrogen-bond donors (Lipinski definition) is 1. The van der Waals surface area contributed by atoms with Gasteiger partial charge in [-0.3, -0.25) is 4.68 Å². The Kier molecular flexibility index (Phi) is 5.32. The van der Waals surface area contributed by atoms with Crippen molar-refractivity contribution in [1.29, 1.82) is 0 Å². The summed E-state index contributed by atoms with van der Waals surface area (Å²) in [5.74, 6) is 0. The van der Waals surface area contributed by atoms with Crippen LogP contribution in [0.5, 0.6) is 0 Å². The Morgan fingerprint density at radius 2 is 2.05 bits per heavy atom. The standard InChI is InChI=1S/C14H21N3O2/c1-17-14-6-4-3-5-12(14)13(16-17)11-15-7-8-19-10-9-18-2/h3-6,15H,7-11H2,1-2H3. The van der Waals surface area contributed by atoms with E-state index in [1.807, 2.05) is 23.9 Å². The molecular formula is C14H21N3O2. The van der Waals surface area contributed by atoms with Crippen LogP contribution in [-0.2, 0) is 23.1 Å². The number of rotatable bonds is 8. The van der Waals surface area contributed by atoms with Gasteiger partial charge in [0.15, 0.2) is 0 Å². The maximum Gasteiger partial charge on any atom is 0.0841 e. The maximum atomic E-state index is 5.39. The quantitative estimate of drug-likeness (QED) is 0.730. The lowest BCUT2D eigenvalue weighted by molar-refractivity contribution is 0.0719. The van der Waals surface area contributed by atoms with Gasteiger partial charge in [-0.25, -0.2) is 0 Å². The van der Waals surface area contributed by atoms with Crippen LogP contribution in [0.4, 0.5) is 0 Å². The van der Waals surface area contributed by atoms with Crippen LogP contribution in [0.25, 0.3) is 10.9 Å². The predicted molar refractivity (Wildman–Crippen MR) is 75.1 cm³/mol. The molecular weight excluding hydrogens is 242 g/mol. The van der Waals surface area contributed by atoms with Gasteiger partial charge in [-0.2, -0.15) is 5.10 Å². The molecule has 1 heterocycles. The van der Waals surface area contributed by atoms with Crippen molar-refractivity contribution in [2.24, 2.45) is 7.05 Å². The van der Waals surface area contributed by atoms with Gasteiger partial charge in [0.2, 0.25) is 0 Å². The number of nitrogens with zero attached hydrogens (tertiary/aromatic N) is 2. The van der Waals surface area contributed by atoms with Crippen LogP contribution in [0, 0.1) is 0 Å². The molecule has 2 rings (SSSR count). The summed E-state index contributed by atoms with van der Waals surface area (Å²) in [7, 11) is 3.65. The van der Waals surface area contributed by atoms with E-state index >= 15 is 0 Å². The van der Waals surface area contributed by atoms with Crippen LogP contribution in [0.2, 0.25) is 0 Å². The smallest absolute Gasteiger partial charge is 0.0841 e. The van der Waals surface area contributed by atoms with Gasteiger partial charge >= 0.3 is 0 Å². The van der Waals surface area contributed by atoms with Crippen molar-refractivity contribution in [3.8, 4) is 0 Å². The molecule has 0 aliphatic carbocycles. The normalized spacial score (nSPS) is 11.3. The van der Waals surface area contributed by atoms with Gasteiger partial charge in [-0.15, -0.1) is 0 Å². The van der Waals surface area contributed by atoms with Crippen molar-refractivity contribution >= 4 is 10.9 Å². The summed E-state index contributed by atoms with van der Waals surface area (Å²) in [5, 5.41) is 9.08. The minimum Gasteiger partial charge on any atom is -0.382 e. The predicted octanol–water partition coefficient (Wildman–Crippen LogP) is 1.33. The Labute approximate surface area is 113 Å². The Hall–Kier alpha value is -1.43. The Morgan fingerprint density at radius 1 is 1.21 bits per heavy atom. The first-order valence-corrected chi connectivity index (χ1v) is 6.51. The number of para-hydroxylation sites is 1. The fourth-order valence-electron chi connectivity index (χ4n) is 2.01. The molecule has 2 aromatic rings. The van der Waals surface area contributed by atoms with Gasteiger partial charge in [0.05, 0.1) is 31.0 Å². The molecule has 0 bridgehead atoms. The lowest BCUT2D eigenvalue weighted by Gasteiger charge is -2.04. The third kappa shape index (κ3) is 3.76. The molecule has 0 aliphatic rings. The number of methoxy groups -OCH3 is 1. The number of nitrogens with one attached hydrogen (secondary N) is 1. The Morgan fingerprint density at radius 3 is 2.89 bits per heavy atom. The number of benzene rings is 1. The lowest BCUT2D eigenvalue weighted by Crippen LogP contribution is -2.20. The molecule has 1 aromatic heterocycles. The molecule has 5 heteroatoms. The molecule has 1 N–H and O–H groups in total. The third-order valence-electron chi connectivity index (χ3n) is 2.98. The molecule has 0 radical (unpaired) electrons. The summed E-state index contributed by atoms with van der Waals surface area (Å²) in [6, 6.07) is 8.26. The minimum atomic E-state index is 0.644. The zero-order valence-electron chi connectivity index (χ0n) is 11.6. The summed E-state index contributed by atoms with van der Waals surface area (Å²) in [6.45, 7) is 3.55. The molecule has 104 valence electrons. The van der Waals surface area contributed by atoms with E-state index in [4.69, 9.17) is 9.47 Å². The van der Waals surface area contributed by atoms with Crippen LogP contribution in [0.15, 0.2) is 24.3 Å². The number of aryl methyl sites for hydroxylation is 1. The minimum absolute atomic E-state index is 0.644. The summed E-state index contributed by atoms with van der Waals surface area (Å²) >= 11 is 0. The first kappa shape index (κ1) is 14.0. The molecule has 0 aliphatic heterocycles. The lowest BCUT2D eigenvalue weighted by atomic mass is 10.2. The monoisotopic (exact) mass is 263 g/mol. The van der Waals surface area contributed by atoms with E-state index in [0.29, 0.717) is 19.8 Å². The largest absolute Gasteiger partial charge is 0.382 e. The van der Waals surface area contributed by atoms with E-state index < -0.39 is 0 Å². The maximum absolute atomic E-state index is 5.39. The van der Waals surface area contributed by atoms with Gasteiger partial charge in [-0.05, 0) is 6.07 Å². The number of fused-ring (bicyclic) bond motifs is 1. The highest BCUT2D eigenvalue weighted by Crippen LogP contribution is 2.16. The molecule has 0 saturated carbocycles. The van der Waals surface area contributed by atoms with Crippen molar-refractivity contribution in [3.05, 3.63) is 30.0 Å². The van der Waals surface area contributed by atoms with Crippen LogP contribution in [0.3, 0.4) is 0 Å². The SMILES string of the molecule is COCCOCCNCc1nn(C)c2ccccc12. The van der Waals surface area contributed by atoms with E-state index in [-0.39, 0.29) is 0 Å². The molecule has 0 unspecified atom stereocenters. The second kappa shape index (κ2) is 7.23. The van der Waals surface area contributed by atoms with E-state index in [1.165, 1.54) is 5.39 Å². The van der Waals surface area contributed by atoms with Crippen LogP contribution < -0.4 is 5.32 Å². The molecule has 19 heavy (non-hydrogen) atoms. The van der Waals surface area contributed by atoms with Crippen molar-refractivity contribution in [2.45, 2.75) is 6.54 Å². The molecule has 0 atom stereocenters. The van der Waals surface area contributed by atoms with Gasteiger partial charge in [0.1, 0.15) is 0 Å². The van der Waals surface area contributed by atoms with E-state index in [2.05, 4.69) is 22.5 Å². The molecule has 0 fully saturated rings. The van der Waals surface area contributed by atoms with E-state index in [1.54, 1.807) is 7.11 Å². The van der Waals surface area contributed by atoms with Gasteiger partial charge in [0.25, 0.3) is 0 Å². The average Bonchev–Trinajstić information content (AvgIpc) is 2.75. The summed E-state index contributed by atoms with van der Waals surface area (Å²) in [6.07, 6.45) is 0. The van der Waals surface area contributed by atoms with Crippen molar-refractivity contribution in [2.75, 3.05) is 33.5 Å². The van der Waals surface area contributed by atoms with Crippen molar-refractivity contribution < 1.29 is 9.47 Å². The van der Waals surface area contributed by atoms with E-state index in [9.17, 15) is 0 Å². The molecule has 1 aromatic carbocycles. The number of ether oxygens (including phenoxy) is 2. The zero-order valence-corrected chi connectivity index (χ0v) is 11.6. The topological polar surface area (TPSA) is 48.3 Å². The van der Waals surface area contributed by atoms with Crippen molar-refractivity contribution in [3.63, 3.8) is 0 Å². The first-order valence-electron chi connectivity index (χ1n) is 6.51. The van der Waals surface area contributed by atoms with Gasteiger partial charge in [0, 0.05) is 32.6 Å². The number of hydrogen-bond acceptors (Lipinski definition) is 4. The highest BCUT2D eigenvalue weighted by molar-refractivity contribution is 5.81. The second-order valence-electron chi connectivity index (χ2n) is 4.37. The fourth-order valence-corrected chi connectivity index (χ4v) is 2.01.